The largest absolute Gasteiger partial charge is 0.345 e. The van der Waals surface area contributed by atoms with E-state index < -0.39 is 10.2 Å². The second-order valence-electron chi connectivity index (χ2n) is 8.49. The molecular formula is C19H28N8O2S. The van der Waals surface area contributed by atoms with Crippen molar-refractivity contribution in [1.29, 1.82) is 0 Å². The molecule has 162 valence electrons. The highest BCUT2D eigenvalue weighted by Crippen LogP contribution is 2.41. The molecule has 5 rings (SSSR count). The van der Waals surface area contributed by atoms with Gasteiger partial charge in [0.2, 0.25) is 0 Å². The SMILES string of the molecule is CC[C@@H]1C[C@H](NS(=O)(=O)N2CCN(C)CC2)C[C@@H]1c1nnc2cnc3[nH]ccc3n12. The molecule has 0 aromatic carbocycles. The summed E-state index contributed by atoms with van der Waals surface area (Å²) in [5.74, 6) is 1.38. The molecule has 3 aromatic heterocycles. The van der Waals surface area contributed by atoms with Gasteiger partial charge in [0.05, 0.1) is 11.7 Å². The summed E-state index contributed by atoms with van der Waals surface area (Å²) >= 11 is 0. The molecule has 2 N–H and O–H groups in total. The van der Waals surface area contributed by atoms with E-state index in [1.54, 1.807) is 10.5 Å². The van der Waals surface area contributed by atoms with Crippen LogP contribution < -0.4 is 4.72 Å². The second kappa shape index (κ2) is 7.56. The molecule has 1 saturated heterocycles. The number of nitrogens with one attached hydrogen (secondary N) is 2. The number of H-pyrrole nitrogens is 1. The number of aromatic amines is 1. The zero-order valence-electron chi connectivity index (χ0n) is 17.3. The van der Waals surface area contributed by atoms with Crippen molar-refractivity contribution in [2.45, 2.75) is 38.1 Å². The molecule has 0 radical (unpaired) electrons. The van der Waals surface area contributed by atoms with E-state index in [0.717, 1.165) is 49.3 Å². The lowest BCUT2D eigenvalue weighted by Gasteiger charge is -2.32. The Hall–Kier alpha value is -2.08. The van der Waals surface area contributed by atoms with Crippen molar-refractivity contribution in [2.75, 3.05) is 33.2 Å². The Kier molecular flexibility index (Phi) is 5.00. The molecule has 11 heteroatoms. The van der Waals surface area contributed by atoms with Crippen molar-refractivity contribution in [1.82, 2.24) is 38.5 Å². The Balaban J connectivity index is 1.40. The monoisotopic (exact) mass is 432 g/mol. The molecule has 0 amide bonds. The highest BCUT2D eigenvalue weighted by atomic mass is 32.2. The summed E-state index contributed by atoms with van der Waals surface area (Å²) in [7, 11) is -1.46. The van der Waals surface area contributed by atoms with Gasteiger partial charge in [-0.15, -0.1) is 10.2 Å². The number of rotatable bonds is 5. The number of aromatic nitrogens is 5. The number of likely N-dealkylation sites (N-methyl/N-ethyl adjacent to an activating group) is 1. The molecule has 10 nitrogen and oxygen atoms in total. The van der Waals surface area contributed by atoms with E-state index in [0.29, 0.717) is 24.7 Å². The fourth-order valence-electron chi connectivity index (χ4n) is 4.94. The first-order chi connectivity index (χ1) is 14.5. The lowest BCUT2D eigenvalue weighted by molar-refractivity contribution is 0.220. The van der Waals surface area contributed by atoms with Crippen LogP contribution in [0.1, 0.15) is 37.9 Å². The fraction of sp³-hybridized carbons (Fsp3) is 0.632. The van der Waals surface area contributed by atoms with Crippen molar-refractivity contribution in [3.05, 3.63) is 24.3 Å². The first kappa shape index (κ1) is 19.9. The van der Waals surface area contributed by atoms with Crippen molar-refractivity contribution in [3.8, 4) is 0 Å². The van der Waals surface area contributed by atoms with Gasteiger partial charge in [0, 0.05) is 44.3 Å². The summed E-state index contributed by atoms with van der Waals surface area (Å²) in [4.78, 5) is 9.68. The topological polar surface area (TPSA) is 112 Å². The van der Waals surface area contributed by atoms with E-state index in [4.69, 9.17) is 0 Å². The highest BCUT2D eigenvalue weighted by molar-refractivity contribution is 7.87. The van der Waals surface area contributed by atoms with Crippen molar-refractivity contribution < 1.29 is 8.42 Å². The predicted molar refractivity (Wildman–Crippen MR) is 113 cm³/mol. The van der Waals surface area contributed by atoms with Crippen molar-refractivity contribution in [3.63, 3.8) is 0 Å². The van der Waals surface area contributed by atoms with Gasteiger partial charge in [-0.1, -0.05) is 13.3 Å². The third kappa shape index (κ3) is 3.39. The zero-order valence-corrected chi connectivity index (χ0v) is 18.1. The van der Waals surface area contributed by atoms with Crippen LogP contribution in [0, 0.1) is 5.92 Å². The Morgan fingerprint density at radius 3 is 2.77 bits per heavy atom. The van der Waals surface area contributed by atoms with E-state index in [1.807, 2.05) is 19.3 Å². The van der Waals surface area contributed by atoms with Gasteiger partial charge in [-0.25, -0.2) is 4.98 Å². The molecule has 30 heavy (non-hydrogen) atoms. The Morgan fingerprint density at radius 1 is 1.20 bits per heavy atom. The van der Waals surface area contributed by atoms with Gasteiger partial charge in [-0.3, -0.25) is 4.40 Å². The van der Waals surface area contributed by atoms with Crippen LogP contribution in [0.15, 0.2) is 18.5 Å². The summed E-state index contributed by atoms with van der Waals surface area (Å²) in [5.41, 5.74) is 2.46. The van der Waals surface area contributed by atoms with E-state index >= 15 is 0 Å². The number of hydrogen-bond donors (Lipinski definition) is 2. The van der Waals surface area contributed by atoms with Crippen LogP contribution in [0.4, 0.5) is 0 Å². The smallest absolute Gasteiger partial charge is 0.279 e. The molecule has 0 bridgehead atoms. The molecule has 4 heterocycles. The minimum atomic E-state index is -3.48. The van der Waals surface area contributed by atoms with Gasteiger partial charge in [0.15, 0.2) is 11.3 Å². The summed E-state index contributed by atoms with van der Waals surface area (Å²) in [6, 6.07) is 1.88. The molecule has 3 aromatic rings. The molecular weight excluding hydrogens is 404 g/mol. The predicted octanol–water partition coefficient (Wildman–Crippen LogP) is 0.960. The molecule has 1 saturated carbocycles. The minimum Gasteiger partial charge on any atom is -0.345 e. The van der Waals surface area contributed by atoms with Gasteiger partial charge in [-0.2, -0.15) is 17.4 Å². The third-order valence-electron chi connectivity index (χ3n) is 6.64. The summed E-state index contributed by atoms with van der Waals surface area (Å²) in [6.45, 7) is 4.75. The molecule has 2 aliphatic rings. The molecule has 0 unspecified atom stereocenters. The fourth-order valence-corrected chi connectivity index (χ4v) is 6.35. The Bertz CT molecular complexity index is 1150. The lowest BCUT2D eigenvalue weighted by atomic mass is 9.93. The minimum absolute atomic E-state index is 0.0968. The summed E-state index contributed by atoms with van der Waals surface area (Å²) in [6.07, 6.45) is 6.08. The van der Waals surface area contributed by atoms with Crippen LogP contribution in [0.2, 0.25) is 0 Å². The van der Waals surface area contributed by atoms with Crippen LogP contribution in [0.25, 0.3) is 16.8 Å². The van der Waals surface area contributed by atoms with E-state index in [-0.39, 0.29) is 12.0 Å². The molecule has 0 spiro atoms. The number of hydrogen-bond acceptors (Lipinski definition) is 6. The number of fused-ring (bicyclic) bond motifs is 3. The summed E-state index contributed by atoms with van der Waals surface area (Å²) < 4.78 is 32.5. The molecule has 1 aliphatic carbocycles. The van der Waals surface area contributed by atoms with E-state index in [1.165, 1.54) is 0 Å². The number of piperazine rings is 1. The Morgan fingerprint density at radius 2 is 2.00 bits per heavy atom. The highest BCUT2D eigenvalue weighted by Gasteiger charge is 2.40. The lowest BCUT2D eigenvalue weighted by Crippen LogP contribution is -2.52. The second-order valence-corrected chi connectivity index (χ2v) is 10.2. The van der Waals surface area contributed by atoms with Gasteiger partial charge in [0.1, 0.15) is 5.82 Å². The van der Waals surface area contributed by atoms with Crippen molar-refractivity contribution >= 4 is 27.0 Å². The molecule has 2 fully saturated rings. The molecule has 1 aliphatic heterocycles. The van der Waals surface area contributed by atoms with Gasteiger partial charge >= 0.3 is 0 Å². The van der Waals surface area contributed by atoms with Crippen molar-refractivity contribution in [2.24, 2.45) is 5.92 Å². The van der Waals surface area contributed by atoms with Crippen LogP contribution in [0.5, 0.6) is 0 Å². The van der Waals surface area contributed by atoms with Crippen LogP contribution in [-0.2, 0) is 10.2 Å². The first-order valence-corrected chi connectivity index (χ1v) is 12.0. The van der Waals surface area contributed by atoms with Crippen LogP contribution in [0.3, 0.4) is 0 Å². The normalized spacial score (nSPS) is 26.8. The van der Waals surface area contributed by atoms with Gasteiger partial charge in [0.25, 0.3) is 10.2 Å². The molecule has 3 atom stereocenters. The van der Waals surface area contributed by atoms with Crippen LogP contribution >= 0.6 is 0 Å². The maximum absolute atomic E-state index is 12.9. The zero-order chi connectivity index (χ0) is 20.9. The van der Waals surface area contributed by atoms with E-state index in [9.17, 15) is 8.42 Å². The number of nitrogens with zero attached hydrogens (tertiary/aromatic N) is 6. The average molecular weight is 433 g/mol. The maximum atomic E-state index is 12.9. The maximum Gasteiger partial charge on any atom is 0.279 e. The first-order valence-electron chi connectivity index (χ1n) is 10.6. The summed E-state index contributed by atoms with van der Waals surface area (Å²) in [5, 5.41) is 8.83. The third-order valence-corrected chi connectivity index (χ3v) is 8.31. The van der Waals surface area contributed by atoms with Crippen LogP contribution in [-0.4, -0.2) is 81.5 Å². The standard InChI is InChI=1S/C19H28N8O2S/c1-3-13-10-14(24-30(28,29)26-8-6-25(2)7-9-26)11-15(13)19-23-22-17-12-21-18-16(27(17)19)4-5-20-18/h4-5,12-15,20,24H,3,6-11H2,1-2H3/t13-,14+,15+/m1/s1. The van der Waals surface area contributed by atoms with Gasteiger partial charge < -0.3 is 9.88 Å². The quantitative estimate of drug-likeness (QED) is 0.621. The average Bonchev–Trinajstić information content (AvgIpc) is 3.44. The van der Waals surface area contributed by atoms with Gasteiger partial charge in [-0.05, 0) is 31.9 Å². The van der Waals surface area contributed by atoms with E-state index in [2.05, 4.69) is 41.1 Å². The Labute approximate surface area is 175 Å².